The molecule has 1 aromatic carbocycles. The highest BCUT2D eigenvalue weighted by atomic mass is 35.5. The second-order valence-corrected chi connectivity index (χ2v) is 5.78. The minimum atomic E-state index is -0.105. The molecule has 1 amide bonds. The number of carbonyl (C=O) groups excluding carboxylic acids is 1. The molecule has 0 aliphatic carbocycles. The Labute approximate surface area is 144 Å². The number of pyridine rings is 1. The van der Waals surface area contributed by atoms with Crippen LogP contribution in [-0.2, 0) is 0 Å². The standard InChI is InChI=1S/C17H16ClN5O/c1-12(22(2)17(24)14-5-8-16(18)20-9-14)13-3-6-15(7-4-13)23-11-19-10-21-23/h3-12H,1-2H3. The van der Waals surface area contributed by atoms with Gasteiger partial charge in [0.1, 0.15) is 17.8 Å². The molecule has 1 atom stereocenters. The zero-order valence-corrected chi connectivity index (χ0v) is 14.1. The predicted molar refractivity (Wildman–Crippen MR) is 91.1 cm³/mol. The van der Waals surface area contributed by atoms with E-state index in [1.165, 1.54) is 12.5 Å². The highest BCUT2D eigenvalue weighted by Gasteiger charge is 2.19. The van der Waals surface area contributed by atoms with E-state index in [0.717, 1.165) is 11.3 Å². The molecule has 0 saturated carbocycles. The van der Waals surface area contributed by atoms with Gasteiger partial charge in [0.2, 0.25) is 0 Å². The number of benzene rings is 1. The van der Waals surface area contributed by atoms with E-state index in [4.69, 9.17) is 11.6 Å². The van der Waals surface area contributed by atoms with Crippen molar-refractivity contribution in [3.63, 3.8) is 0 Å². The van der Waals surface area contributed by atoms with E-state index in [-0.39, 0.29) is 11.9 Å². The predicted octanol–water partition coefficient (Wildman–Crippen LogP) is 3.15. The number of hydrogen-bond acceptors (Lipinski definition) is 4. The Morgan fingerprint density at radius 3 is 2.54 bits per heavy atom. The molecule has 24 heavy (non-hydrogen) atoms. The lowest BCUT2D eigenvalue weighted by atomic mass is 10.1. The lowest BCUT2D eigenvalue weighted by molar-refractivity contribution is 0.0742. The van der Waals surface area contributed by atoms with Crippen LogP contribution in [0.2, 0.25) is 5.15 Å². The van der Waals surface area contributed by atoms with Crippen molar-refractivity contribution in [2.45, 2.75) is 13.0 Å². The zero-order valence-electron chi connectivity index (χ0n) is 13.3. The molecule has 3 aromatic rings. The summed E-state index contributed by atoms with van der Waals surface area (Å²) in [6.45, 7) is 1.98. The van der Waals surface area contributed by atoms with Crippen molar-refractivity contribution in [2.75, 3.05) is 7.05 Å². The molecule has 7 heteroatoms. The highest BCUT2D eigenvalue weighted by molar-refractivity contribution is 6.29. The molecule has 2 aromatic heterocycles. The lowest BCUT2D eigenvalue weighted by Gasteiger charge is -2.25. The first kappa shape index (κ1) is 16.1. The summed E-state index contributed by atoms with van der Waals surface area (Å²) >= 11 is 5.76. The molecule has 0 bridgehead atoms. The number of aromatic nitrogens is 4. The van der Waals surface area contributed by atoms with Crippen molar-refractivity contribution < 1.29 is 4.79 Å². The van der Waals surface area contributed by atoms with E-state index >= 15 is 0 Å². The van der Waals surface area contributed by atoms with Crippen molar-refractivity contribution in [1.82, 2.24) is 24.6 Å². The maximum absolute atomic E-state index is 12.5. The monoisotopic (exact) mass is 341 g/mol. The summed E-state index contributed by atoms with van der Waals surface area (Å²) in [5.41, 5.74) is 2.45. The average Bonchev–Trinajstić information content (AvgIpc) is 3.15. The Morgan fingerprint density at radius 2 is 1.96 bits per heavy atom. The maximum atomic E-state index is 12.5. The summed E-state index contributed by atoms with van der Waals surface area (Å²) < 4.78 is 1.68. The van der Waals surface area contributed by atoms with Gasteiger partial charge in [-0.05, 0) is 36.8 Å². The molecule has 6 nitrogen and oxygen atoms in total. The maximum Gasteiger partial charge on any atom is 0.255 e. The molecular formula is C17H16ClN5O. The normalized spacial score (nSPS) is 12.0. The first-order chi connectivity index (χ1) is 11.6. The van der Waals surface area contributed by atoms with Crippen LogP contribution >= 0.6 is 11.6 Å². The summed E-state index contributed by atoms with van der Waals surface area (Å²) in [5.74, 6) is -0.105. The van der Waals surface area contributed by atoms with Gasteiger partial charge in [-0.2, -0.15) is 5.10 Å². The van der Waals surface area contributed by atoms with Crippen LogP contribution < -0.4 is 0 Å². The van der Waals surface area contributed by atoms with E-state index in [1.807, 2.05) is 31.2 Å². The summed E-state index contributed by atoms with van der Waals surface area (Å²) in [5, 5.41) is 4.46. The van der Waals surface area contributed by atoms with Crippen LogP contribution in [0.5, 0.6) is 0 Å². The van der Waals surface area contributed by atoms with Gasteiger partial charge < -0.3 is 4.90 Å². The van der Waals surface area contributed by atoms with E-state index in [9.17, 15) is 4.79 Å². The van der Waals surface area contributed by atoms with Crippen LogP contribution in [0.4, 0.5) is 0 Å². The van der Waals surface area contributed by atoms with Crippen LogP contribution in [0.1, 0.15) is 28.9 Å². The van der Waals surface area contributed by atoms with Gasteiger partial charge in [0.15, 0.2) is 0 Å². The second kappa shape index (κ2) is 6.80. The molecule has 0 fully saturated rings. The van der Waals surface area contributed by atoms with Gasteiger partial charge in [-0.15, -0.1) is 0 Å². The van der Waals surface area contributed by atoms with E-state index in [1.54, 1.807) is 35.1 Å². The van der Waals surface area contributed by atoms with Gasteiger partial charge in [0.05, 0.1) is 17.3 Å². The third-order valence-electron chi connectivity index (χ3n) is 3.93. The third kappa shape index (κ3) is 3.28. The average molecular weight is 342 g/mol. The zero-order chi connectivity index (χ0) is 17.1. The fourth-order valence-corrected chi connectivity index (χ4v) is 2.46. The van der Waals surface area contributed by atoms with Gasteiger partial charge in [0.25, 0.3) is 5.91 Å². The summed E-state index contributed by atoms with van der Waals surface area (Å²) in [6, 6.07) is 11.1. The van der Waals surface area contributed by atoms with Gasteiger partial charge in [-0.3, -0.25) is 4.79 Å². The number of hydrogen-bond donors (Lipinski definition) is 0. The quantitative estimate of drug-likeness (QED) is 0.684. The third-order valence-corrected chi connectivity index (χ3v) is 4.16. The SMILES string of the molecule is CC(c1ccc(-n2cncn2)cc1)N(C)C(=O)c1ccc(Cl)nc1. The molecule has 3 rings (SSSR count). The van der Waals surface area contributed by atoms with E-state index in [2.05, 4.69) is 15.1 Å². The van der Waals surface area contributed by atoms with Gasteiger partial charge in [0, 0.05) is 13.2 Å². The summed E-state index contributed by atoms with van der Waals surface area (Å²) in [6.07, 6.45) is 4.62. The van der Waals surface area contributed by atoms with Crippen LogP contribution in [0.15, 0.2) is 55.2 Å². The first-order valence-corrected chi connectivity index (χ1v) is 7.78. The number of rotatable bonds is 4. The smallest absolute Gasteiger partial charge is 0.255 e. The topological polar surface area (TPSA) is 63.9 Å². The summed E-state index contributed by atoms with van der Waals surface area (Å²) in [4.78, 5) is 22.1. The minimum Gasteiger partial charge on any atom is -0.335 e. The van der Waals surface area contributed by atoms with Crippen molar-refractivity contribution in [1.29, 1.82) is 0 Å². The Kier molecular flexibility index (Phi) is 4.57. The van der Waals surface area contributed by atoms with Crippen molar-refractivity contribution in [3.8, 4) is 5.69 Å². The Morgan fingerprint density at radius 1 is 1.21 bits per heavy atom. The van der Waals surface area contributed by atoms with Gasteiger partial charge >= 0.3 is 0 Å². The molecule has 1 unspecified atom stereocenters. The van der Waals surface area contributed by atoms with Crippen molar-refractivity contribution in [3.05, 3.63) is 71.5 Å². The van der Waals surface area contributed by atoms with Gasteiger partial charge in [-0.25, -0.2) is 14.6 Å². The molecule has 0 aliphatic rings. The molecule has 122 valence electrons. The molecule has 0 radical (unpaired) electrons. The second-order valence-electron chi connectivity index (χ2n) is 5.39. The lowest BCUT2D eigenvalue weighted by Crippen LogP contribution is -2.29. The number of carbonyl (C=O) groups is 1. The van der Waals surface area contributed by atoms with Gasteiger partial charge in [-0.1, -0.05) is 23.7 Å². The molecular weight excluding hydrogens is 326 g/mol. The van der Waals surface area contributed by atoms with E-state index in [0.29, 0.717) is 10.7 Å². The fraction of sp³-hybridized carbons (Fsp3) is 0.176. The molecule has 2 heterocycles. The van der Waals surface area contributed by atoms with Crippen LogP contribution in [0, 0.1) is 0 Å². The Balaban J connectivity index is 1.76. The first-order valence-electron chi connectivity index (χ1n) is 7.40. The van der Waals surface area contributed by atoms with E-state index < -0.39 is 0 Å². The Bertz CT molecular complexity index is 815. The van der Waals surface area contributed by atoms with Crippen molar-refractivity contribution in [2.24, 2.45) is 0 Å². The van der Waals surface area contributed by atoms with Crippen LogP contribution in [-0.4, -0.2) is 37.6 Å². The number of halogens is 1. The highest BCUT2D eigenvalue weighted by Crippen LogP contribution is 2.22. The molecule has 0 saturated heterocycles. The van der Waals surface area contributed by atoms with Crippen LogP contribution in [0.3, 0.4) is 0 Å². The molecule has 0 aliphatic heterocycles. The largest absolute Gasteiger partial charge is 0.335 e. The van der Waals surface area contributed by atoms with Crippen molar-refractivity contribution >= 4 is 17.5 Å². The van der Waals surface area contributed by atoms with Crippen LogP contribution in [0.25, 0.3) is 5.69 Å². The Hall–Kier alpha value is -2.73. The molecule has 0 N–H and O–H groups in total. The number of nitrogens with zero attached hydrogens (tertiary/aromatic N) is 5. The minimum absolute atomic E-state index is 0.0852. The summed E-state index contributed by atoms with van der Waals surface area (Å²) in [7, 11) is 1.77. The number of amides is 1. The fourth-order valence-electron chi connectivity index (χ4n) is 2.35. The molecule has 0 spiro atoms.